The fraction of sp³-hybridized carbons (Fsp3) is 0.182. The van der Waals surface area contributed by atoms with Crippen molar-refractivity contribution in [3.63, 3.8) is 0 Å². The van der Waals surface area contributed by atoms with Gasteiger partial charge in [0.2, 0.25) is 0 Å². The number of ether oxygens (including phenoxy) is 3. The van der Waals surface area contributed by atoms with Crippen molar-refractivity contribution in [2.75, 3.05) is 7.11 Å². The molecule has 0 saturated heterocycles. The Morgan fingerprint density at radius 3 is 2.07 bits per heavy atom. The van der Waals surface area contributed by atoms with Gasteiger partial charge in [-0.3, -0.25) is 0 Å². The van der Waals surface area contributed by atoms with Gasteiger partial charge in [-0.25, -0.2) is 0 Å². The van der Waals surface area contributed by atoms with Crippen LogP contribution < -0.4 is 14.2 Å². The average molecular weight is 419 g/mol. The van der Waals surface area contributed by atoms with Crippen LogP contribution >= 0.6 is 23.2 Å². The van der Waals surface area contributed by atoms with E-state index in [1.807, 2.05) is 48.5 Å². The molecule has 0 aliphatic carbocycles. The molecule has 0 radical (unpaired) electrons. The zero-order valence-corrected chi connectivity index (χ0v) is 16.8. The number of aliphatic hydroxyl groups excluding tert-OH is 1. The molecule has 3 aromatic rings. The fourth-order valence-electron chi connectivity index (χ4n) is 2.65. The summed E-state index contributed by atoms with van der Waals surface area (Å²) in [6.07, 6.45) is 0. The zero-order valence-electron chi connectivity index (χ0n) is 15.3. The molecule has 0 unspecified atom stereocenters. The van der Waals surface area contributed by atoms with E-state index >= 15 is 0 Å². The van der Waals surface area contributed by atoms with Gasteiger partial charge in [0, 0.05) is 0 Å². The molecule has 0 amide bonds. The van der Waals surface area contributed by atoms with Gasteiger partial charge in [0.1, 0.15) is 13.2 Å². The van der Waals surface area contributed by atoms with E-state index in [4.69, 9.17) is 37.4 Å². The Kier molecular flexibility index (Phi) is 7.04. The second-order valence-electron chi connectivity index (χ2n) is 6.09. The van der Waals surface area contributed by atoms with Crippen molar-refractivity contribution in [3.05, 3.63) is 87.4 Å². The summed E-state index contributed by atoms with van der Waals surface area (Å²) in [5.74, 6) is 1.65. The number of aliphatic hydroxyl groups is 1. The van der Waals surface area contributed by atoms with Crippen LogP contribution in [-0.2, 0) is 19.8 Å². The second-order valence-corrected chi connectivity index (χ2v) is 6.91. The predicted octanol–water partition coefficient (Wildman–Crippen LogP) is 5.65. The highest BCUT2D eigenvalue weighted by Crippen LogP contribution is 2.35. The van der Waals surface area contributed by atoms with Gasteiger partial charge >= 0.3 is 0 Å². The number of benzene rings is 3. The van der Waals surface area contributed by atoms with Gasteiger partial charge < -0.3 is 19.3 Å². The number of hydrogen-bond acceptors (Lipinski definition) is 4. The topological polar surface area (TPSA) is 47.9 Å². The first-order chi connectivity index (χ1) is 13.6. The van der Waals surface area contributed by atoms with Crippen molar-refractivity contribution < 1.29 is 19.3 Å². The van der Waals surface area contributed by atoms with Crippen LogP contribution in [0.5, 0.6) is 17.2 Å². The monoisotopic (exact) mass is 418 g/mol. The number of rotatable bonds is 8. The number of hydrogen-bond donors (Lipinski definition) is 1. The maximum Gasteiger partial charge on any atom is 0.161 e. The molecule has 0 bridgehead atoms. The van der Waals surface area contributed by atoms with Crippen molar-refractivity contribution in [1.82, 2.24) is 0 Å². The average Bonchev–Trinajstić information content (AvgIpc) is 2.72. The largest absolute Gasteiger partial charge is 0.493 e. The Bertz CT molecular complexity index is 906. The molecule has 0 aliphatic heterocycles. The van der Waals surface area contributed by atoms with Crippen molar-refractivity contribution in [1.29, 1.82) is 0 Å². The normalized spacial score (nSPS) is 10.6. The standard InChI is InChI=1S/C22H20Cl2O4/c1-26-21-11-16(7-8-20(21)27-13-15-5-3-2-4-6-15)14-28-22-18(23)9-17(12-25)10-19(22)24/h2-11,25H,12-14H2,1H3. The van der Waals surface area contributed by atoms with Crippen LogP contribution in [-0.4, -0.2) is 12.2 Å². The van der Waals surface area contributed by atoms with E-state index in [-0.39, 0.29) is 13.2 Å². The van der Waals surface area contributed by atoms with E-state index in [9.17, 15) is 5.11 Å². The van der Waals surface area contributed by atoms with Gasteiger partial charge in [-0.1, -0.05) is 59.6 Å². The van der Waals surface area contributed by atoms with Crippen LogP contribution in [0.15, 0.2) is 60.7 Å². The van der Waals surface area contributed by atoms with E-state index in [0.717, 1.165) is 11.1 Å². The van der Waals surface area contributed by atoms with Crippen LogP contribution in [0.4, 0.5) is 0 Å². The highest BCUT2D eigenvalue weighted by molar-refractivity contribution is 6.37. The molecule has 0 spiro atoms. The van der Waals surface area contributed by atoms with E-state index in [1.165, 1.54) is 0 Å². The third kappa shape index (κ3) is 5.10. The van der Waals surface area contributed by atoms with Crippen LogP contribution in [0.3, 0.4) is 0 Å². The van der Waals surface area contributed by atoms with E-state index in [2.05, 4.69) is 0 Å². The molecule has 0 fully saturated rings. The molecule has 146 valence electrons. The smallest absolute Gasteiger partial charge is 0.161 e. The van der Waals surface area contributed by atoms with E-state index in [0.29, 0.717) is 39.5 Å². The molecule has 0 aromatic heterocycles. The van der Waals surface area contributed by atoms with Crippen LogP contribution in [0.1, 0.15) is 16.7 Å². The molecule has 0 heterocycles. The number of halogens is 2. The minimum absolute atomic E-state index is 0.138. The highest BCUT2D eigenvalue weighted by Gasteiger charge is 2.11. The minimum atomic E-state index is -0.138. The quantitative estimate of drug-likeness (QED) is 0.513. The second kappa shape index (κ2) is 9.69. The fourth-order valence-corrected chi connectivity index (χ4v) is 3.29. The Labute approximate surface area is 174 Å². The maximum absolute atomic E-state index is 9.20. The summed E-state index contributed by atoms with van der Waals surface area (Å²) in [6, 6.07) is 18.8. The third-order valence-corrected chi connectivity index (χ3v) is 4.65. The van der Waals surface area contributed by atoms with Crippen molar-refractivity contribution in [2.45, 2.75) is 19.8 Å². The molecule has 0 saturated carbocycles. The van der Waals surface area contributed by atoms with Crippen LogP contribution in [0.2, 0.25) is 10.0 Å². The van der Waals surface area contributed by atoms with Crippen LogP contribution in [0.25, 0.3) is 0 Å². The Hall–Kier alpha value is -2.40. The molecule has 3 aromatic carbocycles. The van der Waals surface area contributed by atoms with E-state index in [1.54, 1.807) is 19.2 Å². The molecule has 0 aliphatic rings. The first kappa shape index (κ1) is 20.3. The number of methoxy groups -OCH3 is 1. The molecular weight excluding hydrogens is 399 g/mol. The molecule has 0 atom stereocenters. The predicted molar refractivity (Wildman–Crippen MR) is 110 cm³/mol. The van der Waals surface area contributed by atoms with Gasteiger partial charge in [-0.05, 0) is 41.0 Å². The summed E-state index contributed by atoms with van der Waals surface area (Å²) >= 11 is 12.4. The maximum atomic E-state index is 9.20. The first-order valence-corrected chi connectivity index (χ1v) is 9.41. The van der Waals surface area contributed by atoms with Gasteiger partial charge in [0.05, 0.1) is 23.8 Å². The minimum Gasteiger partial charge on any atom is -0.493 e. The van der Waals surface area contributed by atoms with Crippen molar-refractivity contribution >= 4 is 23.2 Å². The lowest BCUT2D eigenvalue weighted by molar-refractivity contribution is 0.279. The van der Waals surface area contributed by atoms with Gasteiger partial charge in [-0.15, -0.1) is 0 Å². The van der Waals surface area contributed by atoms with Gasteiger partial charge in [0.25, 0.3) is 0 Å². The van der Waals surface area contributed by atoms with Crippen molar-refractivity contribution in [2.24, 2.45) is 0 Å². The molecule has 6 heteroatoms. The van der Waals surface area contributed by atoms with Crippen molar-refractivity contribution in [3.8, 4) is 17.2 Å². The van der Waals surface area contributed by atoms with Gasteiger partial charge in [-0.2, -0.15) is 0 Å². The first-order valence-electron chi connectivity index (χ1n) is 8.66. The third-order valence-electron chi connectivity index (χ3n) is 4.09. The summed E-state index contributed by atoms with van der Waals surface area (Å²) < 4.78 is 17.1. The molecule has 3 rings (SSSR count). The molecular formula is C22H20Cl2O4. The Morgan fingerprint density at radius 2 is 1.43 bits per heavy atom. The van der Waals surface area contributed by atoms with E-state index < -0.39 is 0 Å². The summed E-state index contributed by atoms with van der Waals surface area (Å²) in [4.78, 5) is 0. The Balaban J connectivity index is 1.68. The molecule has 4 nitrogen and oxygen atoms in total. The lowest BCUT2D eigenvalue weighted by atomic mass is 10.2. The summed E-state index contributed by atoms with van der Waals surface area (Å²) in [5, 5.41) is 9.91. The summed E-state index contributed by atoms with van der Waals surface area (Å²) in [6.45, 7) is 0.573. The zero-order chi connectivity index (χ0) is 19.9. The molecule has 1 N–H and O–H groups in total. The van der Waals surface area contributed by atoms with Crippen LogP contribution in [0, 0.1) is 0 Å². The highest BCUT2D eigenvalue weighted by atomic mass is 35.5. The molecule has 28 heavy (non-hydrogen) atoms. The lowest BCUT2D eigenvalue weighted by Crippen LogP contribution is -2.01. The Morgan fingerprint density at radius 1 is 0.750 bits per heavy atom. The van der Waals surface area contributed by atoms with Gasteiger partial charge in [0.15, 0.2) is 17.2 Å². The lowest BCUT2D eigenvalue weighted by Gasteiger charge is -2.14. The SMILES string of the molecule is COc1cc(COc2c(Cl)cc(CO)cc2Cl)ccc1OCc1ccccc1. The summed E-state index contributed by atoms with van der Waals surface area (Å²) in [7, 11) is 1.59. The summed E-state index contributed by atoms with van der Waals surface area (Å²) in [5.41, 5.74) is 2.58.